The largest absolute Gasteiger partial charge is 0.478 e. The van der Waals surface area contributed by atoms with Crippen LogP contribution in [0.3, 0.4) is 0 Å². The molecule has 0 amide bonds. The van der Waals surface area contributed by atoms with Crippen molar-refractivity contribution in [3.8, 4) is 11.5 Å². The Morgan fingerprint density at radius 3 is 2.74 bits per heavy atom. The van der Waals surface area contributed by atoms with Gasteiger partial charge in [0.1, 0.15) is 0 Å². The molecular weight excluding hydrogens is 244 g/mol. The van der Waals surface area contributed by atoms with E-state index in [4.69, 9.17) is 9.63 Å². The van der Waals surface area contributed by atoms with Crippen LogP contribution in [0.5, 0.6) is 0 Å². The van der Waals surface area contributed by atoms with E-state index in [0.717, 1.165) is 12.8 Å². The van der Waals surface area contributed by atoms with Crippen molar-refractivity contribution < 1.29 is 14.4 Å². The average Bonchev–Trinajstić information content (AvgIpc) is 3.09. The Kier molecular flexibility index (Phi) is 3.03. The molecule has 5 nitrogen and oxygen atoms in total. The van der Waals surface area contributed by atoms with Crippen molar-refractivity contribution in [2.75, 3.05) is 0 Å². The van der Waals surface area contributed by atoms with Gasteiger partial charge in [-0.1, -0.05) is 30.1 Å². The normalized spacial score (nSPS) is 15.8. The van der Waals surface area contributed by atoms with Crippen molar-refractivity contribution >= 4 is 5.97 Å². The van der Waals surface area contributed by atoms with Crippen LogP contribution in [0.25, 0.3) is 11.5 Å². The maximum absolute atomic E-state index is 11.2. The van der Waals surface area contributed by atoms with Crippen LogP contribution in [-0.4, -0.2) is 21.2 Å². The molecule has 3 rings (SSSR count). The number of carboxylic acids is 1. The molecule has 1 N–H and O–H groups in total. The third kappa shape index (κ3) is 2.23. The highest BCUT2D eigenvalue weighted by Gasteiger charge is 2.24. The maximum atomic E-state index is 11.2. The van der Waals surface area contributed by atoms with Gasteiger partial charge in [0, 0.05) is 5.92 Å². The van der Waals surface area contributed by atoms with Gasteiger partial charge in [0.05, 0.1) is 11.1 Å². The van der Waals surface area contributed by atoms with Crippen LogP contribution in [0.15, 0.2) is 28.8 Å². The first kappa shape index (κ1) is 11.9. The first-order chi connectivity index (χ1) is 9.25. The van der Waals surface area contributed by atoms with Crippen molar-refractivity contribution in [1.82, 2.24) is 10.1 Å². The molecule has 1 aliphatic rings. The van der Waals surface area contributed by atoms with Crippen LogP contribution < -0.4 is 0 Å². The van der Waals surface area contributed by atoms with Gasteiger partial charge in [-0.05, 0) is 25.0 Å². The first-order valence-electron chi connectivity index (χ1n) is 6.42. The zero-order valence-electron chi connectivity index (χ0n) is 10.4. The molecular formula is C14H14N2O3. The predicted octanol–water partition coefficient (Wildman–Crippen LogP) is 3.09. The van der Waals surface area contributed by atoms with Gasteiger partial charge in [-0.3, -0.25) is 0 Å². The van der Waals surface area contributed by atoms with Gasteiger partial charge < -0.3 is 9.63 Å². The van der Waals surface area contributed by atoms with Crippen LogP contribution >= 0.6 is 0 Å². The summed E-state index contributed by atoms with van der Waals surface area (Å²) in [6, 6.07) is 6.68. The summed E-state index contributed by atoms with van der Waals surface area (Å²) in [4.78, 5) is 15.5. The molecule has 1 fully saturated rings. The number of carbonyl (C=O) groups is 1. The summed E-state index contributed by atoms with van der Waals surface area (Å²) in [5.41, 5.74) is 0.663. The predicted molar refractivity (Wildman–Crippen MR) is 67.9 cm³/mol. The lowest BCUT2D eigenvalue weighted by Gasteiger charge is -2.01. The third-order valence-electron chi connectivity index (χ3n) is 3.55. The Balaban J connectivity index is 1.96. The number of rotatable bonds is 3. The molecule has 0 saturated heterocycles. The minimum Gasteiger partial charge on any atom is -0.478 e. The minimum atomic E-state index is -0.990. The van der Waals surface area contributed by atoms with Crippen molar-refractivity contribution in [3.63, 3.8) is 0 Å². The molecule has 0 radical (unpaired) electrons. The summed E-state index contributed by atoms with van der Waals surface area (Å²) in [5, 5.41) is 13.2. The number of aromatic nitrogens is 2. The monoisotopic (exact) mass is 258 g/mol. The van der Waals surface area contributed by atoms with Crippen molar-refractivity contribution in [2.24, 2.45) is 0 Å². The topological polar surface area (TPSA) is 76.2 Å². The van der Waals surface area contributed by atoms with Crippen molar-refractivity contribution in [1.29, 1.82) is 0 Å². The first-order valence-corrected chi connectivity index (χ1v) is 6.42. The lowest BCUT2D eigenvalue weighted by Crippen LogP contribution is -1.99. The SMILES string of the molecule is O=C(O)c1ccccc1-c1nc(C2CCCC2)no1. The molecule has 0 aliphatic heterocycles. The number of nitrogens with zero attached hydrogens (tertiary/aromatic N) is 2. The number of hydrogen-bond donors (Lipinski definition) is 1. The van der Waals surface area contributed by atoms with E-state index in [1.54, 1.807) is 18.2 Å². The number of benzene rings is 1. The molecule has 0 atom stereocenters. The maximum Gasteiger partial charge on any atom is 0.336 e. The highest BCUT2D eigenvalue weighted by Crippen LogP contribution is 2.33. The highest BCUT2D eigenvalue weighted by molar-refractivity contribution is 5.94. The fourth-order valence-electron chi connectivity index (χ4n) is 2.55. The molecule has 98 valence electrons. The summed E-state index contributed by atoms with van der Waals surface area (Å²) < 4.78 is 5.23. The molecule has 19 heavy (non-hydrogen) atoms. The van der Waals surface area contributed by atoms with E-state index < -0.39 is 5.97 Å². The molecule has 1 saturated carbocycles. The smallest absolute Gasteiger partial charge is 0.336 e. The molecule has 1 aliphatic carbocycles. The van der Waals surface area contributed by atoms with Gasteiger partial charge >= 0.3 is 5.97 Å². The fourth-order valence-corrected chi connectivity index (χ4v) is 2.55. The fraction of sp³-hybridized carbons (Fsp3) is 0.357. The summed E-state index contributed by atoms with van der Waals surface area (Å²) in [7, 11) is 0. The van der Waals surface area contributed by atoms with Crippen LogP contribution in [-0.2, 0) is 0 Å². The van der Waals surface area contributed by atoms with Gasteiger partial charge in [-0.15, -0.1) is 0 Å². The molecule has 5 heteroatoms. The van der Waals surface area contributed by atoms with Crippen LogP contribution in [0, 0.1) is 0 Å². The van der Waals surface area contributed by atoms with Gasteiger partial charge in [0.15, 0.2) is 5.82 Å². The second-order valence-electron chi connectivity index (χ2n) is 4.79. The Labute approximate surface area is 110 Å². The summed E-state index contributed by atoms with van der Waals surface area (Å²) in [5.74, 6) is 0.360. The number of carboxylic acid groups (broad SMARTS) is 1. The molecule has 0 bridgehead atoms. The summed E-state index contributed by atoms with van der Waals surface area (Å²) in [6.07, 6.45) is 4.56. The van der Waals surface area contributed by atoms with E-state index in [0.29, 0.717) is 23.2 Å². The molecule has 1 aromatic carbocycles. The minimum absolute atomic E-state index is 0.184. The number of hydrogen-bond acceptors (Lipinski definition) is 4. The summed E-state index contributed by atoms with van der Waals surface area (Å²) >= 11 is 0. The lowest BCUT2D eigenvalue weighted by atomic mass is 10.1. The number of aromatic carboxylic acids is 1. The molecule has 2 aromatic rings. The Bertz CT molecular complexity index is 600. The third-order valence-corrected chi connectivity index (χ3v) is 3.55. The quantitative estimate of drug-likeness (QED) is 0.915. The van der Waals surface area contributed by atoms with E-state index in [-0.39, 0.29) is 5.56 Å². The van der Waals surface area contributed by atoms with Crippen molar-refractivity contribution in [2.45, 2.75) is 31.6 Å². The standard InChI is InChI=1S/C14H14N2O3/c17-14(18)11-8-4-3-7-10(11)13-15-12(16-19-13)9-5-1-2-6-9/h3-4,7-9H,1-2,5-6H2,(H,17,18). The Morgan fingerprint density at radius 2 is 2.00 bits per heavy atom. The molecule has 0 spiro atoms. The van der Waals surface area contributed by atoms with Crippen LogP contribution in [0.2, 0.25) is 0 Å². The zero-order chi connectivity index (χ0) is 13.2. The zero-order valence-corrected chi connectivity index (χ0v) is 10.4. The van der Waals surface area contributed by atoms with Gasteiger partial charge in [-0.25, -0.2) is 4.79 Å². The van der Waals surface area contributed by atoms with E-state index in [1.807, 2.05) is 0 Å². The molecule has 1 aromatic heterocycles. The van der Waals surface area contributed by atoms with E-state index in [2.05, 4.69) is 10.1 Å². The van der Waals surface area contributed by atoms with Gasteiger partial charge in [0.2, 0.25) is 0 Å². The van der Waals surface area contributed by atoms with E-state index >= 15 is 0 Å². The van der Waals surface area contributed by atoms with E-state index in [9.17, 15) is 4.79 Å². The highest BCUT2D eigenvalue weighted by atomic mass is 16.5. The Morgan fingerprint density at radius 1 is 1.26 bits per heavy atom. The second kappa shape index (κ2) is 4.84. The van der Waals surface area contributed by atoms with Gasteiger partial charge in [-0.2, -0.15) is 4.98 Å². The summed E-state index contributed by atoms with van der Waals surface area (Å²) in [6.45, 7) is 0. The van der Waals surface area contributed by atoms with E-state index in [1.165, 1.54) is 18.9 Å². The molecule has 1 heterocycles. The molecule has 0 unspecified atom stereocenters. The second-order valence-corrected chi connectivity index (χ2v) is 4.79. The van der Waals surface area contributed by atoms with Crippen molar-refractivity contribution in [3.05, 3.63) is 35.7 Å². The Hall–Kier alpha value is -2.17. The van der Waals surface area contributed by atoms with Gasteiger partial charge in [0.25, 0.3) is 5.89 Å². The van der Waals surface area contributed by atoms with Crippen LogP contribution in [0.1, 0.15) is 47.8 Å². The van der Waals surface area contributed by atoms with Crippen LogP contribution in [0.4, 0.5) is 0 Å². The lowest BCUT2D eigenvalue weighted by molar-refractivity contribution is 0.0697. The average molecular weight is 258 g/mol.